The van der Waals surface area contributed by atoms with E-state index in [9.17, 15) is 4.79 Å². The Hall–Kier alpha value is -2.97. The Morgan fingerprint density at radius 2 is 1.90 bits per heavy atom. The first-order chi connectivity index (χ1) is 15.0. The smallest absolute Gasteiger partial charge is 0.234 e. The maximum absolute atomic E-state index is 12.5. The Morgan fingerprint density at radius 3 is 2.61 bits per heavy atom. The first-order valence-electron chi connectivity index (χ1n) is 9.63. The van der Waals surface area contributed by atoms with Crippen molar-refractivity contribution in [3.8, 4) is 17.1 Å². The summed E-state index contributed by atoms with van der Waals surface area (Å²) in [6.45, 7) is 4.12. The number of nitrogens with one attached hydrogen (secondary N) is 1. The molecule has 4 aromatic rings. The fourth-order valence-electron chi connectivity index (χ4n) is 3.18. The Labute approximate surface area is 193 Å². The third-order valence-electron chi connectivity index (χ3n) is 4.61. The Balaban J connectivity index is 1.62. The normalized spacial score (nSPS) is 10.8. The van der Waals surface area contributed by atoms with Crippen LogP contribution < -0.4 is 5.32 Å². The summed E-state index contributed by atoms with van der Waals surface area (Å²) in [6, 6.07) is 17.5. The van der Waals surface area contributed by atoms with E-state index in [4.69, 9.17) is 0 Å². The largest absolute Gasteiger partial charge is 0.325 e. The van der Waals surface area contributed by atoms with Crippen LogP contribution >= 0.6 is 27.7 Å². The average Bonchev–Trinajstić information content (AvgIpc) is 3.18. The highest BCUT2D eigenvalue weighted by molar-refractivity contribution is 9.10. The predicted octanol–water partition coefficient (Wildman–Crippen LogP) is 5.44. The molecule has 0 fully saturated rings. The van der Waals surface area contributed by atoms with E-state index in [0.29, 0.717) is 11.0 Å². The Morgan fingerprint density at radius 1 is 1.10 bits per heavy atom. The number of halogens is 1. The SMILES string of the molecule is Cc1ccc(-n2c(SCC(=O)Nc3ccc(Br)cc3)nnc2-c2cccnc2)c(C)c1. The third-order valence-corrected chi connectivity index (χ3v) is 6.06. The maximum atomic E-state index is 12.5. The minimum atomic E-state index is -0.106. The van der Waals surface area contributed by atoms with Gasteiger partial charge in [-0.25, -0.2) is 0 Å². The molecule has 6 nitrogen and oxygen atoms in total. The van der Waals surface area contributed by atoms with Crippen molar-refractivity contribution in [2.45, 2.75) is 19.0 Å². The first kappa shape index (κ1) is 21.3. The van der Waals surface area contributed by atoms with Crippen molar-refractivity contribution in [2.75, 3.05) is 11.1 Å². The number of thioether (sulfide) groups is 1. The van der Waals surface area contributed by atoms with E-state index in [1.165, 1.54) is 17.3 Å². The molecule has 4 rings (SSSR count). The van der Waals surface area contributed by atoms with E-state index in [0.717, 1.165) is 27.0 Å². The molecule has 0 aliphatic carbocycles. The van der Waals surface area contributed by atoms with Crippen LogP contribution in [-0.2, 0) is 4.79 Å². The van der Waals surface area contributed by atoms with Gasteiger partial charge in [-0.2, -0.15) is 0 Å². The fourth-order valence-corrected chi connectivity index (χ4v) is 4.19. The van der Waals surface area contributed by atoms with Crippen molar-refractivity contribution in [3.63, 3.8) is 0 Å². The zero-order valence-electron chi connectivity index (χ0n) is 17.0. The summed E-state index contributed by atoms with van der Waals surface area (Å²) < 4.78 is 2.95. The first-order valence-corrected chi connectivity index (χ1v) is 11.4. The molecule has 0 saturated carbocycles. The van der Waals surface area contributed by atoms with Crippen molar-refractivity contribution in [1.29, 1.82) is 0 Å². The number of aryl methyl sites for hydroxylation is 2. The minimum absolute atomic E-state index is 0.106. The van der Waals surface area contributed by atoms with E-state index in [1.807, 2.05) is 41.0 Å². The number of carbonyl (C=O) groups excluding carboxylic acids is 1. The number of hydrogen-bond donors (Lipinski definition) is 1. The van der Waals surface area contributed by atoms with Gasteiger partial charge in [0.05, 0.1) is 11.4 Å². The zero-order valence-corrected chi connectivity index (χ0v) is 19.4. The van der Waals surface area contributed by atoms with Gasteiger partial charge in [-0.15, -0.1) is 10.2 Å². The topological polar surface area (TPSA) is 72.7 Å². The number of hydrogen-bond acceptors (Lipinski definition) is 5. The molecule has 1 N–H and O–H groups in total. The molecule has 156 valence electrons. The molecule has 0 atom stereocenters. The standard InChI is InChI=1S/C23H20BrN5OS/c1-15-5-10-20(16(2)12-15)29-22(17-4-3-11-25-13-17)27-28-23(29)31-14-21(30)26-19-8-6-18(24)7-9-19/h3-13H,14H2,1-2H3,(H,26,30). The highest BCUT2D eigenvalue weighted by Crippen LogP contribution is 2.29. The molecule has 0 aliphatic heterocycles. The maximum Gasteiger partial charge on any atom is 0.234 e. The Kier molecular flexibility index (Phi) is 6.48. The number of anilines is 1. The second kappa shape index (κ2) is 9.45. The van der Waals surface area contributed by atoms with Gasteiger partial charge < -0.3 is 5.32 Å². The van der Waals surface area contributed by atoms with Gasteiger partial charge in [-0.05, 0) is 61.9 Å². The number of benzene rings is 2. The van der Waals surface area contributed by atoms with Crippen LogP contribution in [0.25, 0.3) is 17.1 Å². The summed E-state index contributed by atoms with van der Waals surface area (Å²) in [5, 5.41) is 12.4. The van der Waals surface area contributed by atoms with Gasteiger partial charge in [-0.1, -0.05) is 45.4 Å². The lowest BCUT2D eigenvalue weighted by molar-refractivity contribution is -0.113. The van der Waals surface area contributed by atoms with Crippen molar-refractivity contribution in [3.05, 3.63) is 82.6 Å². The van der Waals surface area contributed by atoms with Gasteiger partial charge in [0.25, 0.3) is 0 Å². The molecule has 2 heterocycles. The highest BCUT2D eigenvalue weighted by atomic mass is 79.9. The zero-order chi connectivity index (χ0) is 21.8. The van der Waals surface area contributed by atoms with Crippen LogP contribution in [0.2, 0.25) is 0 Å². The number of pyridine rings is 1. The number of nitrogens with zero attached hydrogens (tertiary/aromatic N) is 4. The predicted molar refractivity (Wildman–Crippen MR) is 128 cm³/mol. The molecule has 0 spiro atoms. The number of rotatable bonds is 6. The molecular weight excluding hydrogens is 474 g/mol. The quantitative estimate of drug-likeness (QED) is 0.362. The second-order valence-corrected chi connectivity index (χ2v) is 8.88. The summed E-state index contributed by atoms with van der Waals surface area (Å²) >= 11 is 4.74. The van der Waals surface area contributed by atoms with Gasteiger partial charge in [0.15, 0.2) is 11.0 Å². The van der Waals surface area contributed by atoms with Crippen LogP contribution in [0.1, 0.15) is 11.1 Å². The summed E-state index contributed by atoms with van der Waals surface area (Å²) in [6.07, 6.45) is 3.49. The average molecular weight is 494 g/mol. The monoisotopic (exact) mass is 493 g/mol. The summed E-state index contributed by atoms with van der Waals surface area (Å²) in [5.74, 6) is 0.799. The van der Waals surface area contributed by atoms with E-state index in [-0.39, 0.29) is 11.7 Å². The van der Waals surface area contributed by atoms with Crippen LogP contribution in [0.4, 0.5) is 5.69 Å². The van der Waals surface area contributed by atoms with Crippen molar-refractivity contribution in [2.24, 2.45) is 0 Å². The lowest BCUT2D eigenvalue weighted by Crippen LogP contribution is -2.14. The molecule has 31 heavy (non-hydrogen) atoms. The molecular formula is C23H20BrN5OS. The fraction of sp³-hybridized carbons (Fsp3) is 0.130. The van der Waals surface area contributed by atoms with Gasteiger partial charge in [0.1, 0.15) is 0 Å². The van der Waals surface area contributed by atoms with Crippen molar-refractivity contribution >= 4 is 39.3 Å². The molecule has 0 aliphatic rings. The number of carbonyl (C=O) groups is 1. The Bertz CT molecular complexity index is 1210. The van der Waals surface area contributed by atoms with E-state index in [2.05, 4.69) is 68.5 Å². The lowest BCUT2D eigenvalue weighted by Gasteiger charge is -2.13. The summed E-state index contributed by atoms with van der Waals surface area (Å²) in [4.78, 5) is 16.7. The van der Waals surface area contributed by atoms with E-state index in [1.54, 1.807) is 12.4 Å². The third kappa shape index (κ3) is 5.03. The van der Waals surface area contributed by atoms with Gasteiger partial charge in [-0.3, -0.25) is 14.3 Å². The van der Waals surface area contributed by atoms with Crippen LogP contribution in [0.3, 0.4) is 0 Å². The molecule has 0 radical (unpaired) electrons. The van der Waals surface area contributed by atoms with Crippen LogP contribution in [0, 0.1) is 13.8 Å². The molecule has 0 unspecified atom stereocenters. The summed E-state index contributed by atoms with van der Waals surface area (Å²) in [5.41, 5.74) is 4.87. The van der Waals surface area contributed by atoms with E-state index < -0.39 is 0 Å². The van der Waals surface area contributed by atoms with Crippen LogP contribution in [-0.4, -0.2) is 31.4 Å². The van der Waals surface area contributed by atoms with Crippen LogP contribution in [0.15, 0.2) is 76.6 Å². The van der Waals surface area contributed by atoms with Crippen molar-refractivity contribution in [1.82, 2.24) is 19.7 Å². The molecule has 1 amide bonds. The van der Waals surface area contributed by atoms with Crippen LogP contribution in [0.5, 0.6) is 0 Å². The second-order valence-electron chi connectivity index (χ2n) is 7.02. The minimum Gasteiger partial charge on any atom is -0.325 e. The molecule has 0 bridgehead atoms. The lowest BCUT2D eigenvalue weighted by atomic mass is 10.1. The van der Waals surface area contributed by atoms with Gasteiger partial charge >= 0.3 is 0 Å². The molecule has 8 heteroatoms. The number of aromatic nitrogens is 4. The van der Waals surface area contributed by atoms with Gasteiger partial charge in [0.2, 0.25) is 5.91 Å². The molecule has 2 aromatic heterocycles. The number of amides is 1. The van der Waals surface area contributed by atoms with E-state index >= 15 is 0 Å². The summed E-state index contributed by atoms with van der Waals surface area (Å²) in [7, 11) is 0. The molecule has 2 aromatic carbocycles. The van der Waals surface area contributed by atoms with Crippen molar-refractivity contribution < 1.29 is 4.79 Å². The molecule has 0 saturated heterocycles. The van der Waals surface area contributed by atoms with Gasteiger partial charge in [0, 0.05) is 28.1 Å². The highest BCUT2D eigenvalue weighted by Gasteiger charge is 2.18.